The fourth-order valence-electron chi connectivity index (χ4n) is 2.28. The third-order valence-electron chi connectivity index (χ3n) is 3.86. The van der Waals surface area contributed by atoms with Gasteiger partial charge in [0.1, 0.15) is 23.7 Å². The number of carbonyl (C=O) groups excluding carboxylic acids is 1. The molecule has 0 aromatic rings. The van der Waals surface area contributed by atoms with E-state index in [9.17, 15) is 14.7 Å². The molecule has 0 atom stereocenters. The van der Waals surface area contributed by atoms with Crippen LogP contribution in [0.15, 0.2) is 46.5 Å². The summed E-state index contributed by atoms with van der Waals surface area (Å²) in [5.41, 5.74) is 2.14. The summed E-state index contributed by atoms with van der Waals surface area (Å²) in [6, 6.07) is 0. The molecule has 0 amide bonds. The molecule has 6 heteroatoms. The van der Waals surface area contributed by atoms with Crippen molar-refractivity contribution in [3.63, 3.8) is 0 Å². The summed E-state index contributed by atoms with van der Waals surface area (Å²) >= 11 is 0. The highest BCUT2D eigenvalue weighted by Crippen LogP contribution is 2.30. The van der Waals surface area contributed by atoms with Crippen LogP contribution < -0.4 is 0 Å². The molecule has 0 radical (unpaired) electrons. The topological polar surface area (TPSA) is 93.1 Å². The SMILES string of the molecule is C=C(OC)/C(C/C=C(\C)CCC(=O)O)=C(/O)C1=C(CC)COC1=O. The van der Waals surface area contributed by atoms with Crippen LogP contribution in [0.1, 0.15) is 39.5 Å². The Morgan fingerprint density at radius 2 is 2.04 bits per heavy atom. The molecule has 0 aromatic heterocycles. The highest BCUT2D eigenvalue weighted by atomic mass is 16.5. The number of aliphatic hydroxyl groups is 1. The van der Waals surface area contributed by atoms with Crippen molar-refractivity contribution in [2.45, 2.75) is 39.5 Å². The van der Waals surface area contributed by atoms with Gasteiger partial charge < -0.3 is 19.7 Å². The summed E-state index contributed by atoms with van der Waals surface area (Å²) in [5, 5.41) is 19.3. The number of carboxylic acids is 1. The Morgan fingerprint density at radius 3 is 2.58 bits per heavy atom. The van der Waals surface area contributed by atoms with Crippen molar-refractivity contribution < 1.29 is 29.3 Å². The van der Waals surface area contributed by atoms with Crippen molar-refractivity contribution in [2.24, 2.45) is 0 Å². The summed E-state index contributed by atoms with van der Waals surface area (Å²) < 4.78 is 10.1. The van der Waals surface area contributed by atoms with Crippen LogP contribution in [0.5, 0.6) is 0 Å². The van der Waals surface area contributed by atoms with E-state index in [4.69, 9.17) is 14.6 Å². The van der Waals surface area contributed by atoms with E-state index in [-0.39, 0.29) is 36.5 Å². The quantitative estimate of drug-likeness (QED) is 0.290. The molecule has 24 heavy (non-hydrogen) atoms. The van der Waals surface area contributed by atoms with Gasteiger partial charge in [-0.1, -0.05) is 25.2 Å². The van der Waals surface area contributed by atoms with Crippen LogP contribution in [-0.2, 0) is 19.1 Å². The van der Waals surface area contributed by atoms with Crippen molar-refractivity contribution >= 4 is 11.9 Å². The first-order chi connectivity index (χ1) is 11.3. The van der Waals surface area contributed by atoms with Crippen LogP contribution in [0, 0.1) is 0 Å². The monoisotopic (exact) mass is 336 g/mol. The molecule has 0 aliphatic carbocycles. The molecule has 1 rings (SSSR count). The minimum Gasteiger partial charge on any atom is -0.507 e. The number of cyclic esters (lactones) is 1. The van der Waals surface area contributed by atoms with E-state index in [0.717, 1.165) is 11.1 Å². The number of allylic oxidation sites excluding steroid dienone is 3. The standard InChI is InChI=1S/C18H24O6/c1-5-13-10-24-18(22)16(13)17(21)14(12(3)23-4)8-6-11(2)7-9-15(19)20/h6,21H,3,5,7-10H2,1-2,4H3,(H,19,20)/b11-6+,17-14+. The number of carboxylic acid groups (broad SMARTS) is 1. The second kappa shape index (κ2) is 8.96. The van der Waals surface area contributed by atoms with E-state index in [2.05, 4.69) is 6.58 Å². The number of aliphatic hydroxyl groups excluding tert-OH is 1. The van der Waals surface area contributed by atoms with Gasteiger partial charge >= 0.3 is 11.9 Å². The van der Waals surface area contributed by atoms with Gasteiger partial charge in [-0.05, 0) is 31.8 Å². The summed E-state index contributed by atoms with van der Waals surface area (Å²) in [7, 11) is 1.43. The van der Waals surface area contributed by atoms with E-state index >= 15 is 0 Å². The number of methoxy groups -OCH3 is 1. The maximum atomic E-state index is 11.9. The fraction of sp³-hybridized carbons (Fsp3) is 0.444. The molecule has 1 aliphatic heterocycles. The summed E-state index contributed by atoms with van der Waals surface area (Å²) in [6.07, 6.45) is 3.11. The van der Waals surface area contributed by atoms with Gasteiger partial charge in [0, 0.05) is 12.0 Å². The Balaban J connectivity index is 3.12. The van der Waals surface area contributed by atoms with Crippen molar-refractivity contribution in [2.75, 3.05) is 13.7 Å². The molecular weight excluding hydrogens is 312 g/mol. The second-order valence-corrected chi connectivity index (χ2v) is 5.51. The molecule has 6 nitrogen and oxygen atoms in total. The van der Waals surface area contributed by atoms with Gasteiger partial charge in [0.05, 0.1) is 7.11 Å². The van der Waals surface area contributed by atoms with E-state index in [0.29, 0.717) is 18.4 Å². The lowest BCUT2D eigenvalue weighted by Crippen LogP contribution is -2.06. The van der Waals surface area contributed by atoms with Gasteiger partial charge in [-0.2, -0.15) is 0 Å². The third-order valence-corrected chi connectivity index (χ3v) is 3.86. The van der Waals surface area contributed by atoms with Crippen LogP contribution in [-0.4, -0.2) is 35.9 Å². The van der Waals surface area contributed by atoms with Crippen LogP contribution >= 0.6 is 0 Å². The van der Waals surface area contributed by atoms with Gasteiger partial charge in [-0.15, -0.1) is 0 Å². The Labute approximate surface area is 141 Å². The highest BCUT2D eigenvalue weighted by Gasteiger charge is 2.29. The van der Waals surface area contributed by atoms with Crippen molar-refractivity contribution in [1.82, 2.24) is 0 Å². The number of esters is 1. The first-order valence-electron chi connectivity index (χ1n) is 7.74. The lowest BCUT2D eigenvalue weighted by atomic mass is 9.99. The average molecular weight is 336 g/mol. The molecule has 0 spiro atoms. The van der Waals surface area contributed by atoms with Crippen molar-refractivity contribution in [3.8, 4) is 0 Å². The minimum absolute atomic E-state index is 0.0377. The molecule has 1 heterocycles. The van der Waals surface area contributed by atoms with E-state index in [1.807, 2.05) is 13.8 Å². The Hall–Kier alpha value is -2.50. The van der Waals surface area contributed by atoms with Crippen LogP contribution in [0.4, 0.5) is 0 Å². The predicted molar refractivity (Wildman–Crippen MR) is 89.3 cm³/mol. The molecule has 0 bridgehead atoms. The maximum Gasteiger partial charge on any atom is 0.342 e. The molecule has 0 saturated heterocycles. The fourth-order valence-corrected chi connectivity index (χ4v) is 2.28. The molecule has 0 unspecified atom stereocenters. The number of aliphatic carboxylic acids is 1. The lowest BCUT2D eigenvalue weighted by molar-refractivity contribution is -0.137. The Kier molecular flexibility index (Phi) is 7.30. The van der Waals surface area contributed by atoms with Crippen molar-refractivity contribution in [3.05, 3.63) is 46.5 Å². The normalized spacial score (nSPS) is 16.0. The molecular formula is C18H24O6. The zero-order valence-electron chi connectivity index (χ0n) is 14.3. The van der Waals surface area contributed by atoms with Crippen LogP contribution in [0.25, 0.3) is 0 Å². The number of rotatable bonds is 9. The first kappa shape index (κ1) is 19.5. The van der Waals surface area contributed by atoms with Crippen molar-refractivity contribution in [1.29, 1.82) is 0 Å². The first-order valence-corrected chi connectivity index (χ1v) is 7.74. The smallest absolute Gasteiger partial charge is 0.342 e. The molecule has 0 saturated carbocycles. The summed E-state index contributed by atoms with van der Waals surface area (Å²) in [4.78, 5) is 22.5. The second-order valence-electron chi connectivity index (χ2n) is 5.51. The number of ether oxygens (including phenoxy) is 2. The minimum atomic E-state index is -0.867. The zero-order chi connectivity index (χ0) is 18.3. The molecule has 1 aliphatic rings. The van der Waals surface area contributed by atoms with Gasteiger partial charge in [-0.25, -0.2) is 4.79 Å². The van der Waals surface area contributed by atoms with E-state index < -0.39 is 11.9 Å². The lowest BCUT2D eigenvalue weighted by Gasteiger charge is -2.12. The van der Waals surface area contributed by atoms with Gasteiger partial charge in [0.2, 0.25) is 0 Å². The van der Waals surface area contributed by atoms with E-state index in [1.54, 1.807) is 6.08 Å². The zero-order valence-corrected chi connectivity index (χ0v) is 14.3. The molecule has 0 aromatic carbocycles. The third kappa shape index (κ3) is 5.01. The van der Waals surface area contributed by atoms with Gasteiger partial charge in [-0.3, -0.25) is 4.79 Å². The average Bonchev–Trinajstić information content (AvgIpc) is 2.93. The highest BCUT2D eigenvalue weighted by molar-refractivity contribution is 5.96. The molecule has 2 N–H and O–H groups in total. The Morgan fingerprint density at radius 1 is 1.38 bits per heavy atom. The summed E-state index contributed by atoms with van der Waals surface area (Å²) in [6.45, 7) is 7.62. The van der Waals surface area contributed by atoms with Crippen LogP contribution in [0.3, 0.4) is 0 Å². The molecule has 0 fully saturated rings. The van der Waals surface area contributed by atoms with Gasteiger partial charge in [0.25, 0.3) is 0 Å². The van der Waals surface area contributed by atoms with Gasteiger partial charge in [0.15, 0.2) is 0 Å². The largest absolute Gasteiger partial charge is 0.507 e. The molecule has 132 valence electrons. The summed E-state index contributed by atoms with van der Waals surface area (Å²) in [5.74, 6) is -1.37. The number of hydrogen-bond acceptors (Lipinski definition) is 5. The van der Waals surface area contributed by atoms with Crippen LogP contribution in [0.2, 0.25) is 0 Å². The predicted octanol–water partition coefficient (Wildman–Crippen LogP) is 3.42. The number of hydrogen-bond donors (Lipinski definition) is 2. The Bertz CT molecular complexity index is 621. The maximum absolute atomic E-state index is 11.9. The van der Waals surface area contributed by atoms with E-state index in [1.165, 1.54) is 7.11 Å². The number of carbonyl (C=O) groups is 2.